The number of hydrogen-bond donors (Lipinski definition) is 1. The number of thiazole rings is 1. The van der Waals surface area contributed by atoms with E-state index in [2.05, 4.69) is 26.7 Å². The molecular formula is C18H20F3N3O3S2. The van der Waals surface area contributed by atoms with Crippen molar-refractivity contribution >= 4 is 34.6 Å². The van der Waals surface area contributed by atoms with Crippen LogP contribution in [-0.2, 0) is 11.3 Å². The van der Waals surface area contributed by atoms with Gasteiger partial charge in [-0.2, -0.15) is 24.5 Å². The van der Waals surface area contributed by atoms with Gasteiger partial charge in [-0.3, -0.25) is 9.69 Å². The Labute approximate surface area is 173 Å². The van der Waals surface area contributed by atoms with E-state index in [1.807, 2.05) is 10.3 Å². The first-order valence-corrected chi connectivity index (χ1v) is 10.8. The van der Waals surface area contributed by atoms with Crippen molar-refractivity contribution in [2.45, 2.75) is 19.1 Å². The third-order valence-electron chi connectivity index (χ3n) is 5.04. The molecule has 2 aliphatic heterocycles. The smallest absolute Gasteiger partial charge is 0.475 e. The average Bonchev–Trinajstić information content (AvgIpc) is 3.42. The Bertz CT molecular complexity index is 812. The first-order chi connectivity index (χ1) is 13.7. The topological polar surface area (TPSA) is 73.7 Å². The number of carboxylic acids is 1. The molecule has 0 radical (unpaired) electrons. The van der Waals surface area contributed by atoms with Gasteiger partial charge in [0.25, 0.3) is 5.91 Å². The molecule has 158 valence electrons. The Morgan fingerprint density at radius 1 is 1.17 bits per heavy atom. The Kier molecular flexibility index (Phi) is 6.91. The van der Waals surface area contributed by atoms with E-state index in [4.69, 9.17) is 9.90 Å². The molecule has 6 nitrogen and oxygen atoms in total. The van der Waals surface area contributed by atoms with E-state index in [1.54, 1.807) is 16.8 Å². The van der Waals surface area contributed by atoms with Crippen molar-refractivity contribution in [3.8, 4) is 0 Å². The number of nitrogens with zero attached hydrogens (tertiary/aromatic N) is 3. The van der Waals surface area contributed by atoms with E-state index < -0.39 is 12.1 Å². The summed E-state index contributed by atoms with van der Waals surface area (Å²) in [6.07, 6.45) is -3.96. The minimum Gasteiger partial charge on any atom is -0.475 e. The van der Waals surface area contributed by atoms with Crippen LogP contribution in [0, 0.1) is 11.8 Å². The summed E-state index contributed by atoms with van der Waals surface area (Å²) in [4.78, 5) is 30.1. The van der Waals surface area contributed by atoms with E-state index >= 15 is 0 Å². The summed E-state index contributed by atoms with van der Waals surface area (Å²) >= 11 is 3.25. The number of rotatable bonds is 3. The van der Waals surface area contributed by atoms with Crippen LogP contribution in [0.25, 0.3) is 0 Å². The fraction of sp³-hybridized carbons (Fsp3) is 0.500. The maximum Gasteiger partial charge on any atom is 0.490 e. The molecule has 1 amide bonds. The number of hydrogen-bond acceptors (Lipinski definition) is 6. The number of fused-ring (bicyclic) bond motifs is 1. The lowest BCUT2D eigenvalue weighted by atomic mass is 9.88. The van der Waals surface area contributed by atoms with Crippen molar-refractivity contribution in [3.63, 3.8) is 0 Å². The van der Waals surface area contributed by atoms with Gasteiger partial charge in [0.05, 0.1) is 5.51 Å². The molecule has 2 atom stereocenters. The molecule has 4 heterocycles. The third kappa shape index (κ3) is 5.77. The van der Waals surface area contributed by atoms with Crippen LogP contribution < -0.4 is 0 Å². The van der Waals surface area contributed by atoms with Crippen LogP contribution in [0.3, 0.4) is 0 Å². The van der Waals surface area contributed by atoms with E-state index in [0.29, 0.717) is 11.6 Å². The van der Waals surface area contributed by atoms with Crippen molar-refractivity contribution in [3.05, 3.63) is 39.0 Å². The molecule has 29 heavy (non-hydrogen) atoms. The maximum absolute atomic E-state index is 12.4. The fourth-order valence-electron chi connectivity index (χ4n) is 3.70. The summed E-state index contributed by atoms with van der Waals surface area (Å²) < 4.78 is 31.7. The molecule has 11 heteroatoms. The quantitative estimate of drug-likeness (QED) is 0.781. The lowest BCUT2D eigenvalue weighted by Gasteiger charge is -2.34. The van der Waals surface area contributed by atoms with E-state index in [1.165, 1.54) is 23.4 Å². The fourth-order valence-corrected chi connectivity index (χ4v) is 4.89. The molecule has 0 unspecified atom stereocenters. The van der Waals surface area contributed by atoms with Crippen molar-refractivity contribution < 1.29 is 27.9 Å². The molecule has 1 N–H and O–H groups in total. The van der Waals surface area contributed by atoms with Crippen molar-refractivity contribution in [1.82, 2.24) is 14.8 Å². The number of piperidine rings is 1. The molecule has 4 rings (SSSR count). The number of alkyl halides is 3. The number of likely N-dealkylation sites (tertiary alicyclic amines) is 2. The van der Waals surface area contributed by atoms with Gasteiger partial charge in [-0.25, -0.2) is 9.78 Å². The molecular weight excluding hydrogens is 427 g/mol. The largest absolute Gasteiger partial charge is 0.490 e. The molecule has 2 aliphatic rings. The summed E-state index contributed by atoms with van der Waals surface area (Å²) in [5.41, 5.74) is 3.76. The van der Waals surface area contributed by atoms with Crippen LogP contribution in [0.4, 0.5) is 13.2 Å². The molecule has 2 aromatic heterocycles. The Hall–Kier alpha value is -1.98. The zero-order valence-electron chi connectivity index (χ0n) is 15.3. The van der Waals surface area contributed by atoms with Gasteiger partial charge in [-0.05, 0) is 40.6 Å². The first-order valence-electron chi connectivity index (χ1n) is 8.95. The molecule has 0 spiro atoms. The molecule has 0 aliphatic carbocycles. The van der Waals surface area contributed by atoms with E-state index in [9.17, 15) is 18.0 Å². The van der Waals surface area contributed by atoms with Gasteiger partial charge in [0.1, 0.15) is 5.69 Å². The van der Waals surface area contributed by atoms with Gasteiger partial charge >= 0.3 is 12.1 Å². The predicted octanol–water partition coefficient (Wildman–Crippen LogP) is 3.43. The highest BCUT2D eigenvalue weighted by Gasteiger charge is 2.39. The van der Waals surface area contributed by atoms with Crippen LogP contribution in [-0.4, -0.2) is 64.1 Å². The van der Waals surface area contributed by atoms with Crippen LogP contribution in [0.15, 0.2) is 27.7 Å². The third-order valence-corrected chi connectivity index (χ3v) is 6.36. The average molecular weight is 448 g/mol. The highest BCUT2D eigenvalue weighted by molar-refractivity contribution is 7.08. The summed E-state index contributed by atoms with van der Waals surface area (Å²) in [6.45, 7) is 5.11. The van der Waals surface area contributed by atoms with Crippen molar-refractivity contribution in [2.24, 2.45) is 11.8 Å². The molecule has 0 saturated carbocycles. The number of aliphatic carboxylic acids is 1. The summed E-state index contributed by atoms with van der Waals surface area (Å²) in [7, 11) is 0. The van der Waals surface area contributed by atoms with Crippen LogP contribution in [0.5, 0.6) is 0 Å². The van der Waals surface area contributed by atoms with Crippen LogP contribution in [0.1, 0.15) is 22.5 Å². The molecule has 2 fully saturated rings. The molecule has 0 bridgehead atoms. The monoisotopic (exact) mass is 447 g/mol. The minimum atomic E-state index is -5.08. The number of carboxylic acid groups (broad SMARTS) is 1. The van der Waals surface area contributed by atoms with Gasteiger partial charge in [0.15, 0.2) is 0 Å². The summed E-state index contributed by atoms with van der Waals surface area (Å²) in [5, 5.41) is 13.4. The second kappa shape index (κ2) is 9.23. The Morgan fingerprint density at radius 3 is 2.48 bits per heavy atom. The Morgan fingerprint density at radius 2 is 1.90 bits per heavy atom. The predicted molar refractivity (Wildman–Crippen MR) is 103 cm³/mol. The standard InChI is InChI=1S/C16H19N3OS2.C2HF3O2/c20-16(15-10-22-11-17-15)19-3-1-13-6-18(7-14(13)8-19)5-12-2-4-21-9-12;3-2(4,5)1(6)7/h2,4,9-11,13-14H,1,3,5-8H2;(H,6,7)/t13-,14-;/m1./s1. The van der Waals surface area contributed by atoms with Gasteiger partial charge in [-0.1, -0.05) is 0 Å². The zero-order valence-corrected chi connectivity index (χ0v) is 17.0. The zero-order chi connectivity index (χ0) is 21.0. The molecule has 0 aromatic carbocycles. The minimum absolute atomic E-state index is 0.107. The van der Waals surface area contributed by atoms with Gasteiger partial charge < -0.3 is 10.0 Å². The van der Waals surface area contributed by atoms with E-state index in [-0.39, 0.29) is 5.91 Å². The number of carbonyl (C=O) groups excluding carboxylic acids is 1. The SMILES string of the molecule is O=C(O)C(F)(F)F.O=C(c1cscn1)N1CC[C@@H]2CN(Cc3ccsc3)C[C@@H]2C1. The maximum atomic E-state index is 12.4. The van der Waals surface area contributed by atoms with E-state index in [0.717, 1.165) is 38.5 Å². The lowest BCUT2D eigenvalue weighted by molar-refractivity contribution is -0.192. The second-order valence-electron chi connectivity index (χ2n) is 7.06. The number of carbonyl (C=O) groups is 2. The van der Waals surface area contributed by atoms with Crippen molar-refractivity contribution in [2.75, 3.05) is 26.2 Å². The normalized spacial score (nSPS) is 22.0. The number of halogens is 3. The second-order valence-corrected chi connectivity index (χ2v) is 8.56. The van der Waals surface area contributed by atoms with Crippen LogP contribution in [0.2, 0.25) is 0 Å². The van der Waals surface area contributed by atoms with Gasteiger partial charge in [-0.15, -0.1) is 11.3 Å². The van der Waals surface area contributed by atoms with Gasteiger partial charge in [0, 0.05) is 38.1 Å². The highest BCUT2D eigenvalue weighted by Crippen LogP contribution is 2.32. The molecule has 2 saturated heterocycles. The number of thiophene rings is 1. The Balaban J connectivity index is 0.000000298. The van der Waals surface area contributed by atoms with Gasteiger partial charge in [0.2, 0.25) is 0 Å². The first kappa shape index (κ1) is 21.7. The summed E-state index contributed by atoms with van der Waals surface area (Å²) in [5.74, 6) is -1.28. The number of amides is 1. The highest BCUT2D eigenvalue weighted by atomic mass is 32.1. The molecule has 2 aromatic rings. The summed E-state index contributed by atoms with van der Waals surface area (Å²) in [6, 6.07) is 2.21. The number of aromatic nitrogens is 1. The lowest BCUT2D eigenvalue weighted by Crippen LogP contribution is -2.43. The van der Waals surface area contributed by atoms with Crippen LogP contribution >= 0.6 is 22.7 Å². The van der Waals surface area contributed by atoms with Crippen molar-refractivity contribution in [1.29, 1.82) is 0 Å².